The largest absolute Gasteiger partial charge is 0.494 e. The zero-order valence-electron chi connectivity index (χ0n) is 15.0. The number of ether oxygens (including phenoxy) is 2. The lowest BCUT2D eigenvalue weighted by atomic mass is 10.1. The van der Waals surface area contributed by atoms with Crippen LogP contribution in [0.2, 0.25) is 0 Å². The lowest BCUT2D eigenvalue weighted by Gasteiger charge is -2.12. The minimum absolute atomic E-state index is 0.0338. The third-order valence-corrected chi connectivity index (χ3v) is 4.52. The van der Waals surface area contributed by atoms with Crippen molar-refractivity contribution in [1.29, 1.82) is 0 Å². The molecule has 0 saturated carbocycles. The van der Waals surface area contributed by atoms with Crippen molar-refractivity contribution in [3.63, 3.8) is 0 Å². The van der Waals surface area contributed by atoms with Crippen LogP contribution in [0.3, 0.4) is 0 Å². The minimum Gasteiger partial charge on any atom is -0.494 e. The number of halogens is 1. The first-order valence-electron chi connectivity index (χ1n) is 8.70. The van der Waals surface area contributed by atoms with E-state index in [2.05, 4.69) is 6.92 Å². The Morgan fingerprint density at radius 1 is 0.960 bits per heavy atom. The minimum atomic E-state index is -0.639. The maximum absolute atomic E-state index is 11.9. The van der Waals surface area contributed by atoms with Crippen LogP contribution in [-0.4, -0.2) is 18.0 Å². The summed E-state index contributed by atoms with van der Waals surface area (Å²) in [5, 5.41) is -0.639. The molecule has 2 aromatic carbocycles. The summed E-state index contributed by atoms with van der Waals surface area (Å²) in [5.41, 5.74) is 2.13. The van der Waals surface area contributed by atoms with Gasteiger partial charge in [-0.15, -0.1) is 11.6 Å². The van der Waals surface area contributed by atoms with Crippen molar-refractivity contribution in [3.05, 3.63) is 48.5 Å². The normalized spacial score (nSPS) is 12.0. The van der Waals surface area contributed by atoms with E-state index in [9.17, 15) is 4.79 Å². The van der Waals surface area contributed by atoms with Crippen LogP contribution in [0, 0.1) is 5.92 Å². The van der Waals surface area contributed by atoms with Crippen LogP contribution in [-0.2, 0) is 4.79 Å². The number of carbonyl (C=O) groups excluding carboxylic acids is 1. The molecule has 1 atom stereocenters. The summed E-state index contributed by atoms with van der Waals surface area (Å²) >= 11 is 6.02. The van der Waals surface area contributed by atoms with E-state index in [1.54, 1.807) is 12.1 Å². The maximum Gasteiger partial charge on any atom is 0.329 e. The SMILES string of the molecule is CCCCOc1ccc(-c2ccc(OC(=O)C(Cl)C(C)C)cc2)cc1. The molecule has 2 rings (SSSR count). The number of hydrogen-bond acceptors (Lipinski definition) is 3. The van der Waals surface area contributed by atoms with Gasteiger partial charge < -0.3 is 9.47 Å². The molecule has 0 aliphatic carbocycles. The monoisotopic (exact) mass is 360 g/mol. The second kappa shape index (κ2) is 9.47. The average Bonchev–Trinajstić information content (AvgIpc) is 2.62. The highest BCUT2D eigenvalue weighted by atomic mass is 35.5. The molecule has 0 heterocycles. The van der Waals surface area contributed by atoms with Crippen LogP contribution in [0.15, 0.2) is 48.5 Å². The van der Waals surface area contributed by atoms with Crippen LogP contribution in [0.5, 0.6) is 11.5 Å². The summed E-state index contributed by atoms with van der Waals surface area (Å²) < 4.78 is 11.0. The molecule has 1 unspecified atom stereocenters. The molecule has 3 nitrogen and oxygen atoms in total. The highest BCUT2D eigenvalue weighted by molar-refractivity contribution is 6.30. The fourth-order valence-electron chi connectivity index (χ4n) is 2.24. The van der Waals surface area contributed by atoms with Crippen LogP contribution < -0.4 is 9.47 Å². The molecular weight excluding hydrogens is 336 g/mol. The second-order valence-corrected chi connectivity index (χ2v) is 6.79. The van der Waals surface area contributed by atoms with E-state index in [0.717, 1.165) is 36.3 Å². The molecule has 0 fully saturated rings. The quantitative estimate of drug-likeness (QED) is 0.262. The highest BCUT2D eigenvalue weighted by Crippen LogP contribution is 2.25. The molecule has 0 N–H and O–H groups in total. The first-order valence-corrected chi connectivity index (χ1v) is 9.14. The van der Waals surface area contributed by atoms with Crippen molar-refractivity contribution in [2.24, 2.45) is 5.92 Å². The number of esters is 1. The number of alkyl halides is 1. The third-order valence-electron chi connectivity index (χ3n) is 3.84. The maximum atomic E-state index is 11.9. The Labute approximate surface area is 154 Å². The average molecular weight is 361 g/mol. The molecule has 0 radical (unpaired) electrons. The number of carbonyl (C=O) groups is 1. The highest BCUT2D eigenvalue weighted by Gasteiger charge is 2.21. The van der Waals surface area contributed by atoms with Crippen molar-refractivity contribution in [2.45, 2.75) is 39.0 Å². The van der Waals surface area contributed by atoms with Gasteiger partial charge in [-0.3, -0.25) is 4.79 Å². The van der Waals surface area contributed by atoms with Crippen LogP contribution in [0.25, 0.3) is 11.1 Å². The first kappa shape index (κ1) is 19.3. The van der Waals surface area contributed by atoms with Crippen LogP contribution in [0.1, 0.15) is 33.6 Å². The predicted octanol–water partition coefficient (Wildman–Crippen LogP) is 5.70. The molecule has 2 aromatic rings. The summed E-state index contributed by atoms with van der Waals surface area (Å²) in [6.45, 7) is 6.66. The van der Waals surface area contributed by atoms with Crippen molar-refractivity contribution < 1.29 is 14.3 Å². The number of rotatable bonds is 8. The van der Waals surface area contributed by atoms with Gasteiger partial charge in [0, 0.05) is 0 Å². The topological polar surface area (TPSA) is 35.5 Å². The molecule has 4 heteroatoms. The fourth-order valence-corrected chi connectivity index (χ4v) is 2.28. The van der Waals surface area contributed by atoms with Gasteiger partial charge in [0.2, 0.25) is 0 Å². The van der Waals surface area contributed by atoms with E-state index in [1.807, 2.05) is 50.2 Å². The second-order valence-electron chi connectivity index (χ2n) is 6.32. The molecule has 25 heavy (non-hydrogen) atoms. The molecule has 134 valence electrons. The van der Waals surface area contributed by atoms with Gasteiger partial charge in [0.15, 0.2) is 0 Å². The zero-order valence-corrected chi connectivity index (χ0v) is 15.8. The molecule has 0 aliphatic rings. The molecule has 0 aromatic heterocycles. The van der Waals surface area contributed by atoms with Crippen LogP contribution >= 0.6 is 11.6 Å². The molecular formula is C21H25ClO3. The predicted molar refractivity (Wildman–Crippen MR) is 102 cm³/mol. The van der Waals surface area contributed by atoms with Gasteiger partial charge in [0.25, 0.3) is 0 Å². The Kier molecular flexibility index (Phi) is 7.32. The smallest absolute Gasteiger partial charge is 0.329 e. The fraction of sp³-hybridized carbons (Fsp3) is 0.381. The summed E-state index contributed by atoms with van der Waals surface area (Å²) in [7, 11) is 0. The number of unbranched alkanes of at least 4 members (excludes halogenated alkanes) is 1. The van der Waals surface area contributed by atoms with Gasteiger partial charge in [-0.1, -0.05) is 51.5 Å². The number of hydrogen-bond donors (Lipinski definition) is 0. The molecule has 0 spiro atoms. The summed E-state index contributed by atoms with van der Waals surface area (Å²) in [6.07, 6.45) is 2.18. The third kappa shape index (κ3) is 5.79. The van der Waals surface area contributed by atoms with Gasteiger partial charge in [-0.05, 0) is 47.7 Å². The Bertz CT molecular complexity index is 663. The molecule has 0 bridgehead atoms. The van der Waals surface area contributed by atoms with E-state index < -0.39 is 11.3 Å². The standard InChI is InChI=1S/C21H25ClO3/c1-4-5-14-24-18-10-6-16(7-11-18)17-8-12-19(13-9-17)25-21(23)20(22)15(2)3/h6-13,15,20H,4-5,14H2,1-3H3. The number of benzene rings is 2. The zero-order chi connectivity index (χ0) is 18.2. The Hall–Kier alpha value is -2.00. The summed E-state index contributed by atoms with van der Waals surface area (Å²) in [6, 6.07) is 15.4. The molecule has 0 saturated heterocycles. The van der Waals surface area contributed by atoms with Gasteiger partial charge in [0.05, 0.1) is 6.61 Å². The van der Waals surface area contributed by atoms with E-state index in [0.29, 0.717) is 5.75 Å². The lowest BCUT2D eigenvalue weighted by Crippen LogP contribution is -2.25. The van der Waals surface area contributed by atoms with Crippen LogP contribution in [0.4, 0.5) is 0 Å². The van der Waals surface area contributed by atoms with E-state index in [4.69, 9.17) is 21.1 Å². The first-order chi connectivity index (χ1) is 12.0. The van der Waals surface area contributed by atoms with Crippen molar-refractivity contribution >= 4 is 17.6 Å². The van der Waals surface area contributed by atoms with Crippen molar-refractivity contribution in [1.82, 2.24) is 0 Å². The van der Waals surface area contributed by atoms with Gasteiger partial charge in [-0.25, -0.2) is 0 Å². The van der Waals surface area contributed by atoms with E-state index in [1.165, 1.54) is 0 Å². The Morgan fingerprint density at radius 3 is 1.96 bits per heavy atom. The van der Waals surface area contributed by atoms with E-state index >= 15 is 0 Å². The Morgan fingerprint density at radius 2 is 1.48 bits per heavy atom. The van der Waals surface area contributed by atoms with Crippen molar-refractivity contribution in [2.75, 3.05) is 6.61 Å². The Balaban J connectivity index is 1.98. The van der Waals surface area contributed by atoms with Gasteiger partial charge in [-0.2, -0.15) is 0 Å². The molecule has 0 aliphatic heterocycles. The van der Waals surface area contributed by atoms with Crippen molar-refractivity contribution in [3.8, 4) is 22.6 Å². The van der Waals surface area contributed by atoms with E-state index in [-0.39, 0.29) is 5.92 Å². The molecule has 0 amide bonds. The lowest BCUT2D eigenvalue weighted by molar-refractivity contribution is -0.134. The summed E-state index contributed by atoms with van der Waals surface area (Å²) in [5.74, 6) is 0.994. The van der Waals surface area contributed by atoms with Gasteiger partial charge >= 0.3 is 5.97 Å². The van der Waals surface area contributed by atoms with Gasteiger partial charge in [0.1, 0.15) is 16.9 Å². The summed E-state index contributed by atoms with van der Waals surface area (Å²) in [4.78, 5) is 11.9.